The fourth-order valence-electron chi connectivity index (χ4n) is 1.49. The average Bonchev–Trinajstić information content (AvgIpc) is 2.38. The maximum Gasteiger partial charge on any atom is 0.361 e. The second-order valence-corrected chi connectivity index (χ2v) is 3.79. The molecule has 1 heterocycles. The molecule has 0 saturated carbocycles. The van der Waals surface area contributed by atoms with E-state index in [0.29, 0.717) is 0 Å². The molecule has 0 aliphatic carbocycles. The zero-order valence-corrected chi connectivity index (χ0v) is 9.96. The largest absolute Gasteiger partial charge is 0.456 e. The standard InChI is InChI=1S/C13H13N3O2/c1-9-4-2-3-5-10(9)8-18-13(17)11-12(14)16-7-6-15-11/h2-7H,8H2,1H3,(H2,14,16). The number of hydrogen-bond acceptors (Lipinski definition) is 5. The van der Waals surface area contributed by atoms with Gasteiger partial charge in [0.25, 0.3) is 0 Å². The molecule has 0 bridgehead atoms. The van der Waals surface area contributed by atoms with Gasteiger partial charge in [0.1, 0.15) is 6.61 Å². The van der Waals surface area contributed by atoms with Gasteiger partial charge >= 0.3 is 5.97 Å². The minimum absolute atomic E-state index is 0.0473. The van der Waals surface area contributed by atoms with Gasteiger partial charge in [-0.25, -0.2) is 14.8 Å². The molecular weight excluding hydrogens is 230 g/mol. The number of benzene rings is 1. The van der Waals surface area contributed by atoms with Gasteiger partial charge in [-0.3, -0.25) is 0 Å². The number of aryl methyl sites for hydroxylation is 1. The predicted molar refractivity (Wildman–Crippen MR) is 66.7 cm³/mol. The third-order valence-corrected chi connectivity index (χ3v) is 2.54. The van der Waals surface area contributed by atoms with Crippen molar-refractivity contribution in [3.8, 4) is 0 Å². The molecule has 0 unspecified atom stereocenters. The Kier molecular flexibility index (Phi) is 3.52. The van der Waals surface area contributed by atoms with Crippen LogP contribution in [-0.2, 0) is 11.3 Å². The third-order valence-electron chi connectivity index (χ3n) is 2.54. The molecule has 92 valence electrons. The average molecular weight is 243 g/mol. The van der Waals surface area contributed by atoms with Gasteiger partial charge in [-0.2, -0.15) is 0 Å². The first-order valence-electron chi connectivity index (χ1n) is 5.46. The maximum absolute atomic E-state index is 11.7. The van der Waals surface area contributed by atoms with Crippen molar-refractivity contribution in [2.24, 2.45) is 0 Å². The van der Waals surface area contributed by atoms with Crippen molar-refractivity contribution in [2.75, 3.05) is 5.73 Å². The zero-order valence-electron chi connectivity index (χ0n) is 9.96. The fraction of sp³-hybridized carbons (Fsp3) is 0.154. The minimum Gasteiger partial charge on any atom is -0.456 e. The smallest absolute Gasteiger partial charge is 0.361 e. The summed E-state index contributed by atoms with van der Waals surface area (Å²) in [6.07, 6.45) is 2.83. The number of nitrogens with zero attached hydrogens (tertiary/aromatic N) is 2. The van der Waals surface area contributed by atoms with Crippen LogP contribution in [0.25, 0.3) is 0 Å². The van der Waals surface area contributed by atoms with E-state index in [9.17, 15) is 4.79 Å². The van der Waals surface area contributed by atoms with Gasteiger partial charge in [0, 0.05) is 12.4 Å². The van der Waals surface area contributed by atoms with Crippen LogP contribution in [0.4, 0.5) is 5.82 Å². The summed E-state index contributed by atoms with van der Waals surface area (Å²) >= 11 is 0. The summed E-state index contributed by atoms with van der Waals surface area (Å²) in [5.74, 6) is -0.490. The molecule has 2 aromatic rings. The minimum atomic E-state index is -0.566. The number of nitrogen functional groups attached to an aromatic ring is 1. The van der Waals surface area contributed by atoms with Crippen LogP contribution in [0.5, 0.6) is 0 Å². The van der Waals surface area contributed by atoms with E-state index in [1.807, 2.05) is 31.2 Å². The highest BCUT2D eigenvalue weighted by atomic mass is 16.5. The predicted octanol–water partition coefficient (Wildman–Crippen LogP) is 1.72. The van der Waals surface area contributed by atoms with Gasteiger partial charge in [0.05, 0.1) is 0 Å². The fourth-order valence-corrected chi connectivity index (χ4v) is 1.49. The molecular formula is C13H13N3O2. The molecule has 2 N–H and O–H groups in total. The Morgan fingerprint density at radius 3 is 2.72 bits per heavy atom. The molecule has 0 fully saturated rings. The van der Waals surface area contributed by atoms with Gasteiger partial charge in [-0.15, -0.1) is 0 Å². The lowest BCUT2D eigenvalue weighted by molar-refractivity contribution is 0.0466. The second-order valence-electron chi connectivity index (χ2n) is 3.79. The highest BCUT2D eigenvalue weighted by molar-refractivity contribution is 5.91. The van der Waals surface area contributed by atoms with Crippen molar-refractivity contribution >= 4 is 11.8 Å². The summed E-state index contributed by atoms with van der Waals surface area (Å²) in [5, 5.41) is 0. The van der Waals surface area contributed by atoms with Crippen LogP contribution in [-0.4, -0.2) is 15.9 Å². The van der Waals surface area contributed by atoms with Gasteiger partial charge in [-0.1, -0.05) is 24.3 Å². The SMILES string of the molecule is Cc1ccccc1COC(=O)c1nccnc1N. The number of carbonyl (C=O) groups excluding carboxylic acids is 1. The first-order chi connectivity index (χ1) is 8.68. The molecule has 0 spiro atoms. The topological polar surface area (TPSA) is 78.1 Å². The quantitative estimate of drug-likeness (QED) is 0.830. The van der Waals surface area contributed by atoms with Gasteiger partial charge in [0.2, 0.25) is 0 Å². The molecule has 5 nitrogen and oxygen atoms in total. The van der Waals surface area contributed by atoms with Crippen LogP contribution in [0.1, 0.15) is 21.6 Å². The molecule has 1 aromatic heterocycles. The molecule has 5 heteroatoms. The lowest BCUT2D eigenvalue weighted by Gasteiger charge is -2.07. The monoisotopic (exact) mass is 243 g/mol. The normalized spacial score (nSPS) is 10.1. The Labute approximate surface area is 105 Å². The molecule has 0 radical (unpaired) electrons. The third kappa shape index (κ3) is 2.63. The zero-order chi connectivity index (χ0) is 13.0. The van der Waals surface area contributed by atoms with Crippen molar-refractivity contribution in [3.63, 3.8) is 0 Å². The van der Waals surface area contributed by atoms with Crippen molar-refractivity contribution < 1.29 is 9.53 Å². The lowest BCUT2D eigenvalue weighted by Crippen LogP contribution is -2.11. The number of rotatable bonds is 3. The summed E-state index contributed by atoms with van der Waals surface area (Å²) in [7, 11) is 0. The number of anilines is 1. The number of carbonyl (C=O) groups is 1. The first-order valence-corrected chi connectivity index (χ1v) is 5.46. The van der Waals surface area contributed by atoms with Crippen LogP contribution in [0.15, 0.2) is 36.7 Å². The van der Waals surface area contributed by atoms with Crippen LogP contribution in [0.3, 0.4) is 0 Å². The molecule has 1 aromatic carbocycles. The lowest BCUT2D eigenvalue weighted by atomic mass is 10.1. The van der Waals surface area contributed by atoms with Crippen LogP contribution < -0.4 is 5.73 Å². The van der Waals surface area contributed by atoms with E-state index >= 15 is 0 Å². The first kappa shape index (κ1) is 12.0. The Morgan fingerprint density at radius 1 is 1.28 bits per heavy atom. The maximum atomic E-state index is 11.7. The van der Waals surface area contributed by atoms with Crippen molar-refractivity contribution in [3.05, 3.63) is 53.5 Å². The Morgan fingerprint density at radius 2 is 2.00 bits per heavy atom. The number of nitrogens with two attached hydrogens (primary N) is 1. The van der Waals surface area contributed by atoms with E-state index in [1.54, 1.807) is 0 Å². The Balaban J connectivity index is 2.06. The highest BCUT2D eigenvalue weighted by Gasteiger charge is 2.13. The number of ether oxygens (including phenoxy) is 1. The van der Waals surface area contributed by atoms with Gasteiger partial charge in [0.15, 0.2) is 11.5 Å². The van der Waals surface area contributed by atoms with E-state index in [-0.39, 0.29) is 18.1 Å². The number of hydrogen-bond donors (Lipinski definition) is 1. The number of esters is 1. The summed E-state index contributed by atoms with van der Waals surface area (Å²) < 4.78 is 5.15. The van der Waals surface area contributed by atoms with Crippen molar-refractivity contribution in [1.82, 2.24) is 9.97 Å². The second kappa shape index (κ2) is 5.27. The van der Waals surface area contributed by atoms with Crippen LogP contribution >= 0.6 is 0 Å². The van der Waals surface area contributed by atoms with Crippen LogP contribution in [0, 0.1) is 6.92 Å². The van der Waals surface area contributed by atoms with Crippen LogP contribution in [0.2, 0.25) is 0 Å². The van der Waals surface area contributed by atoms with Gasteiger partial charge in [-0.05, 0) is 18.1 Å². The van der Waals surface area contributed by atoms with E-state index in [4.69, 9.17) is 10.5 Å². The highest BCUT2D eigenvalue weighted by Crippen LogP contribution is 2.11. The van der Waals surface area contributed by atoms with Crippen molar-refractivity contribution in [1.29, 1.82) is 0 Å². The van der Waals surface area contributed by atoms with Gasteiger partial charge < -0.3 is 10.5 Å². The molecule has 0 saturated heterocycles. The Bertz CT molecular complexity index is 570. The summed E-state index contributed by atoms with van der Waals surface area (Å²) in [4.78, 5) is 19.4. The van der Waals surface area contributed by atoms with E-state index in [0.717, 1.165) is 11.1 Å². The van der Waals surface area contributed by atoms with Crippen molar-refractivity contribution in [2.45, 2.75) is 13.5 Å². The molecule has 0 atom stereocenters. The number of aromatic nitrogens is 2. The van der Waals surface area contributed by atoms with E-state index in [1.165, 1.54) is 12.4 Å². The molecule has 0 aliphatic heterocycles. The molecule has 0 amide bonds. The summed E-state index contributed by atoms with van der Waals surface area (Å²) in [6, 6.07) is 7.69. The molecule has 2 rings (SSSR count). The summed E-state index contributed by atoms with van der Waals surface area (Å²) in [5.41, 5.74) is 7.61. The van der Waals surface area contributed by atoms with E-state index < -0.39 is 5.97 Å². The Hall–Kier alpha value is -2.43. The summed E-state index contributed by atoms with van der Waals surface area (Å²) in [6.45, 7) is 2.15. The van der Waals surface area contributed by atoms with E-state index in [2.05, 4.69) is 9.97 Å². The molecule has 0 aliphatic rings. The molecule has 18 heavy (non-hydrogen) atoms.